The summed E-state index contributed by atoms with van der Waals surface area (Å²) in [5.41, 5.74) is 3.05. The maximum absolute atomic E-state index is 12.5. The third-order valence-corrected chi connectivity index (χ3v) is 4.91. The molecule has 0 aliphatic heterocycles. The van der Waals surface area contributed by atoms with Crippen LogP contribution >= 0.6 is 0 Å². The van der Waals surface area contributed by atoms with Gasteiger partial charge in [0.2, 0.25) is 5.91 Å². The van der Waals surface area contributed by atoms with Gasteiger partial charge in [-0.1, -0.05) is 6.92 Å². The Kier molecular flexibility index (Phi) is 4.78. The van der Waals surface area contributed by atoms with Gasteiger partial charge in [-0.15, -0.1) is 0 Å². The Balaban J connectivity index is 2.08. The summed E-state index contributed by atoms with van der Waals surface area (Å²) in [6, 6.07) is 0.906. The van der Waals surface area contributed by atoms with Crippen LogP contribution in [0.5, 0.6) is 0 Å². The van der Waals surface area contributed by atoms with E-state index in [-0.39, 0.29) is 18.4 Å². The molecule has 2 aromatic heterocycles. The first-order valence-electron chi connectivity index (χ1n) is 8.70. The molecule has 7 nitrogen and oxygen atoms in total. The van der Waals surface area contributed by atoms with E-state index >= 15 is 0 Å². The van der Waals surface area contributed by atoms with Crippen LogP contribution in [0.3, 0.4) is 0 Å². The second-order valence-electron chi connectivity index (χ2n) is 6.71. The van der Waals surface area contributed by atoms with E-state index < -0.39 is 23.5 Å². The van der Waals surface area contributed by atoms with E-state index in [1.807, 2.05) is 19.9 Å². The molecular weight excluding hydrogens is 350 g/mol. The SMILES string of the molecule is CCC(NC(=O)Cc1c(C)c2cc3c(C)coc3c(C)c2oc1=O)C(=O)O. The van der Waals surface area contributed by atoms with Gasteiger partial charge in [0.05, 0.1) is 18.2 Å². The number of hydrogen-bond donors (Lipinski definition) is 2. The highest BCUT2D eigenvalue weighted by molar-refractivity contribution is 6.00. The summed E-state index contributed by atoms with van der Waals surface area (Å²) in [6.45, 7) is 7.17. The van der Waals surface area contributed by atoms with Crippen molar-refractivity contribution in [2.75, 3.05) is 0 Å². The summed E-state index contributed by atoms with van der Waals surface area (Å²) in [4.78, 5) is 35.8. The van der Waals surface area contributed by atoms with Crippen LogP contribution < -0.4 is 10.9 Å². The minimum Gasteiger partial charge on any atom is -0.480 e. The number of rotatable bonds is 5. The summed E-state index contributed by atoms with van der Waals surface area (Å²) in [5, 5.41) is 13.2. The van der Waals surface area contributed by atoms with Gasteiger partial charge in [0, 0.05) is 16.3 Å². The Morgan fingerprint density at radius 1 is 1.15 bits per heavy atom. The average molecular weight is 371 g/mol. The first-order chi connectivity index (χ1) is 12.7. The van der Waals surface area contributed by atoms with E-state index in [9.17, 15) is 14.4 Å². The van der Waals surface area contributed by atoms with Gasteiger partial charge in [-0.3, -0.25) is 4.79 Å². The molecule has 0 saturated carbocycles. The van der Waals surface area contributed by atoms with Crippen LogP contribution in [0, 0.1) is 20.8 Å². The fourth-order valence-corrected chi connectivity index (χ4v) is 3.27. The van der Waals surface area contributed by atoms with Gasteiger partial charge in [-0.25, -0.2) is 9.59 Å². The van der Waals surface area contributed by atoms with E-state index in [1.165, 1.54) is 0 Å². The molecule has 1 unspecified atom stereocenters. The van der Waals surface area contributed by atoms with Crippen LogP contribution in [0.15, 0.2) is 26.0 Å². The van der Waals surface area contributed by atoms with Crippen LogP contribution in [0.4, 0.5) is 0 Å². The van der Waals surface area contributed by atoms with E-state index in [0.29, 0.717) is 16.7 Å². The van der Waals surface area contributed by atoms with Crippen molar-refractivity contribution in [1.29, 1.82) is 0 Å². The van der Waals surface area contributed by atoms with Crippen LogP contribution in [-0.4, -0.2) is 23.0 Å². The van der Waals surface area contributed by atoms with Crippen LogP contribution in [0.1, 0.15) is 35.6 Å². The monoisotopic (exact) mass is 371 g/mol. The molecule has 0 saturated heterocycles. The fourth-order valence-electron chi connectivity index (χ4n) is 3.27. The van der Waals surface area contributed by atoms with Crippen LogP contribution in [-0.2, 0) is 16.0 Å². The molecule has 3 rings (SSSR count). The Labute approximate surface area is 155 Å². The highest BCUT2D eigenvalue weighted by atomic mass is 16.4. The molecule has 0 aliphatic carbocycles. The molecule has 0 aliphatic rings. The fraction of sp³-hybridized carbons (Fsp3) is 0.350. The molecule has 3 aromatic rings. The highest BCUT2D eigenvalue weighted by Gasteiger charge is 2.22. The lowest BCUT2D eigenvalue weighted by atomic mass is 9.99. The van der Waals surface area contributed by atoms with E-state index in [2.05, 4.69) is 5.32 Å². The molecule has 0 spiro atoms. The lowest BCUT2D eigenvalue weighted by Crippen LogP contribution is -2.41. The smallest absolute Gasteiger partial charge is 0.340 e. The van der Waals surface area contributed by atoms with Gasteiger partial charge in [0.1, 0.15) is 17.2 Å². The Bertz CT molecular complexity index is 1120. The number of amides is 1. The molecule has 0 radical (unpaired) electrons. The largest absolute Gasteiger partial charge is 0.480 e. The number of aryl methyl sites for hydroxylation is 3. The lowest BCUT2D eigenvalue weighted by molar-refractivity contribution is -0.141. The van der Waals surface area contributed by atoms with Gasteiger partial charge >= 0.3 is 11.6 Å². The number of hydrogen-bond acceptors (Lipinski definition) is 5. The summed E-state index contributed by atoms with van der Waals surface area (Å²) < 4.78 is 11.0. The van der Waals surface area contributed by atoms with Gasteiger partial charge in [-0.2, -0.15) is 0 Å². The Hall–Kier alpha value is -3.09. The van der Waals surface area contributed by atoms with E-state index in [0.717, 1.165) is 21.9 Å². The third-order valence-electron chi connectivity index (χ3n) is 4.91. The number of carbonyl (C=O) groups is 2. The summed E-state index contributed by atoms with van der Waals surface area (Å²) in [6.07, 6.45) is 1.66. The molecule has 1 aromatic carbocycles. The molecule has 0 bridgehead atoms. The predicted molar refractivity (Wildman–Crippen MR) is 100 cm³/mol. The van der Waals surface area contributed by atoms with Crippen molar-refractivity contribution >= 4 is 33.8 Å². The van der Waals surface area contributed by atoms with Gasteiger partial charge < -0.3 is 19.3 Å². The second kappa shape index (κ2) is 6.90. The van der Waals surface area contributed by atoms with Crippen molar-refractivity contribution < 1.29 is 23.5 Å². The minimum atomic E-state index is -1.11. The molecule has 2 N–H and O–H groups in total. The first kappa shape index (κ1) is 18.7. The maximum atomic E-state index is 12.5. The van der Waals surface area contributed by atoms with E-state index in [1.54, 1.807) is 20.1 Å². The Morgan fingerprint density at radius 3 is 2.48 bits per heavy atom. The summed E-state index contributed by atoms with van der Waals surface area (Å²) in [7, 11) is 0. The zero-order valence-electron chi connectivity index (χ0n) is 15.6. The topological polar surface area (TPSA) is 110 Å². The number of aliphatic carboxylic acids is 1. The number of furan rings is 1. The van der Waals surface area contributed by atoms with E-state index in [4.69, 9.17) is 13.9 Å². The van der Waals surface area contributed by atoms with Crippen LogP contribution in [0.2, 0.25) is 0 Å². The molecule has 27 heavy (non-hydrogen) atoms. The zero-order chi connectivity index (χ0) is 19.9. The van der Waals surface area contributed by atoms with Gasteiger partial charge in [0.25, 0.3) is 0 Å². The third kappa shape index (κ3) is 3.20. The number of benzene rings is 1. The van der Waals surface area contributed by atoms with Crippen molar-refractivity contribution in [3.8, 4) is 0 Å². The van der Waals surface area contributed by atoms with Crippen molar-refractivity contribution in [2.24, 2.45) is 0 Å². The molecular formula is C20H21NO6. The lowest BCUT2D eigenvalue weighted by Gasteiger charge is -2.13. The zero-order valence-corrected chi connectivity index (χ0v) is 15.6. The highest BCUT2D eigenvalue weighted by Crippen LogP contribution is 2.32. The number of carbonyl (C=O) groups excluding carboxylic acids is 1. The first-order valence-corrected chi connectivity index (χ1v) is 8.70. The molecule has 1 amide bonds. The van der Waals surface area contributed by atoms with Crippen molar-refractivity contribution in [3.63, 3.8) is 0 Å². The van der Waals surface area contributed by atoms with Gasteiger partial charge in [-0.05, 0) is 44.4 Å². The summed E-state index contributed by atoms with van der Waals surface area (Å²) >= 11 is 0. The number of carboxylic acids is 1. The number of nitrogens with one attached hydrogen (secondary N) is 1. The molecule has 142 valence electrons. The predicted octanol–water partition coefficient (Wildman–Crippen LogP) is 2.99. The quantitative estimate of drug-likeness (QED) is 0.667. The van der Waals surface area contributed by atoms with Crippen molar-refractivity contribution in [2.45, 2.75) is 46.6 Å². The maximum Gasteiger partial charge on any atom is 0.340 e. The Morgan fingerprint density at radius 2 is 1.85 bits per heavy atom. The molecule has 7 heteroatoms. The van der Waals surface area contributed by atoms with Gasteiger partial charge in [0.15, 0.2) is 0 Å². The minimum absolute atomic E-state index is 0.222. The molecule has 2 heterocycles. The van der Waals surface area contributed by atoms with Crippen molar-refractivity contribution in [3.05, 3.63) is 45.0 Å². The number of fused-ring (bicyclic) bond motifs is 2. The standard InChI is InChI=1S/C20H21NO6/c1-5-15(19(23)24)21-16(22)7-14-10(3)13-6-12-9(2)8-26-17(12)11(4)18(13)27-20(14)25/h6,8,15H,5,7H2,1-4H3,(H,21,22)(H,23,24). The normalized spacial score (nSPS) is 12.4. The molecule has 0 fully saturated rings. The second-order valence-corrected chi connectivity index (χ2v) is 6.71. The molecule has 1 atom stereocenters. The average Bonchev–Trinajstić information content (AvgIpc) is 2.99. The number of carboxylic acid groups (broad SMARTS) is 1. The van der Waals surface area contributed by atoms with Crippen molar-refractivity contribution in [1.82, 2.24) is 5.32 Å². The van der Waals surface area contributed by atoms with Crippen LogP contribution in [0.25, 0.3) is 21.9 Å². The summed E-state index contributed by atoms with van der Waals surface area (Å²) in [5.74, 6) is -1.64.